The van der Waals surface area contributed by atoms with Crippen LogP contribution in [0.15, 0.2) is 42.5 Å². The zero-order valence-electron chi connectivity index (χ0n) is 17.7. The fraction of sp³-hybridized carbons (Fsp3) is 0.435. The predicted molar refractivity (Wildman–Crippen MR) is 114 cm³/mol. The van der Waals surface area contributed by atoms with Crippen molar-refractivity contribution < 1.29 is 19.0 Å². The second kappa shape index (κ2) is 9.65. The molecule has 1 aliphatic rings. The van der Waals surface area contributed by atoms with Gasteiger partial charge in [-0.25, -0.2) is 0 Å². The molecule has 0 bridgehead atoms. The van der Waals surface area contributed by atoms with Crippen molar-refractivity contribution >= 4 is 11.6 Å². The zero-order chi connectivity index (χ0) is 20.8. The van der Waals surface area contributed by atoms with Crippen LogP contribution >= 0.6 is 0 Å². The molecule has 156 valence electrons. The molecule has 0 aliphatic carbocycles. The molecule has 29 heavy (non-hydrogen) atoms. The van der Waals surface area contributed by atoms with Gasteiger partial charge in [-0.3, -0.25) is 4.79 Å². The molecule has 0 spiro atoms. The van der Waals surface area contributed by atoms with E-state index in [0.29, 0.717) is 23.6 Å². The van der Waals surface area contributed by atoms with Crippen molar-refractivity contribution in [1.82, 2.24) is 4.90 Å². The highest BCUT2D eigenvalue weighted by Crippen LogP contribution is 2.29. The Morgan fingerprint density at radius 1 is 1.10 bits per heavy atom. The highest BCUT2D eigenvalue weighted by Gasteiger charge is 2.16. The molecule has 2 aromatic carbocycles. The summed E-state index contributed by atoms with van der Waals surface area (Å²) in [7, 11) is 3.39. The molecule has 6 nitrogen and oxygen atoms in total. The van der Waals surface area contributed by atoms with Gasteiger partial charge in [0.15, 0.2) is 11.5 Å². The molecule has 1 fully saturated rings. The lowest BCUT2D eigenvalue weighted by Gasteiger charge is -2.29. The molecule has 0 radical (unpaired) electrons. The van der Waals surface area contributed by atoms with Crippen molar-refractivity contribution in [2.24, 2.45) is 0 Å². The van der Waals surface area contributed by atoms with Gasteiger partial charge in [0.05, 0.1) is 26.4 Å². The number of nitrogens with zero attached hydrogens (tertiary/aromatic N) is 2. The smallest absolute Gasteiger partial charge is 0.254 e. The number of carbonyl (C=O) groups is 1. The molecule has 0 N–H and O–H groups in total. The Labute approximate surface area is 173 Å². The van der Waals surface area contributed by atoms with Crippen molar-refractivity contribution in [3.8, 4) is 11.5 Å². The third kappa shape index (κ3) is 5.41. The number of hydrogen-bond acceptors (Lipinski definition) is 5. The maximum atomic E-state index is 12.9. The van der Waals surface area contributed by atoms with Gasteiger partial charge in [-0.15, -0.1) is 0 Å². The van der Waals surface area contributed by atoms with E-state index in [1.54, 1.807) is 30.2 Å². The van der Waals surface area contributed by atoms with Crippen LogP contribution in [-0.2, 0) is 11.3 Å². The SMILES string of the molecule is COc1cc(C(=O)N(C)Cc2ccc(N3CCOCC3)cc2)ccc1OC(C)C. The van der Waals surface area contributed by atoms with E-state index in [-0.39, 0.29) is 12.0 Å². The van der Waals surface area contributed by atoms with Crippen molar-refractivity contribution in [3.05, 3.63) is 53.6 Å². The van der Waals surface area contributed by atoms with Crippen molar-refractivity contribution in [2.45, 2.75) is 26.5 Å². The molecular formula is C23H30N2O4. The largest absolute Gasteiger partial charge is 0.493 e. The van der Waals surface area contributed by atoms with Gasteiger partial charge >= 0.3 is 0 Å². The first-order valence-electron chi connectivity index (χ1n) is 9.99. The summed E-state index contributed by atoms with van der Waals surface area (Å²) in [5, 5.41) is 0. The Bertz CT molecular complexity index is 814. The minimum atomic E-state index is -0.0587. The van der Waals surface area contributed by atoms with Crippen LogP contribution in [-0.4, -0.2) is 57.4 Å². The highest BCUT2D eigenvalue weighted by atomic mass is 16.5. The van der Waals surface area contributed by atoms with E-state index >= 15 is 0 Å². The molecule has 1 aliphatic heterocycles. The number of benzene rings is 2. The molecule has 3 rings (SSSR count). The van der Waals surface area contributed by atoms with E-state index in [4.69, 9.17) is 14.2 Å². The number of carbonyl (C=O) groups excluding carboxylic acids is 1. The average molecular weight is 399 g/mol. The summed E-state index contributed by atoms with van der Waals surface area (Å²) in [5.74, 6) is 1.14. The Balaban J connectivity index is 1.65. The van der Waals surface area contributed by atoms with E-state index in [1.165, 1.54) is 5.69 Å². The Kier molecular flexibility index (Phi) is 6.99. The maximum absolute atomic E-state index is 12.9. The van der Waals surface area contributed by atoms with Crippen LogP contribution < -0.4 is 14.4 Å². The first-order valence-corrected chi connectivity index (χ1v) is 9.99. The van der Waals surface area contributed by atoms with Gasteiger partial charge in [-0.2, -0.15) is 0 Å². The number of ether oxygens (including phenoxy) is 3. The van der Waals surface area contributed by atoms with Gasteiger partial charge in [-0.1, -0.05) is 12.1 Å². The number of morpholine rings is 1. The Morgan fingerprint density at radius 3 is 2.41 bits per heavy atom. The van der Waals surface area contributed by atoms with Crippen LogP contribution in [0.1, 0.15) is 29.8 Å². The molecule has 0 atom stereocenters. The van der Waals surface area contributed by atoms with Gasteiger partial charge in [0.1, 0.15) is 0 Å². The van der Waals surface area contributed by atoms with Crippen LogP contribution in [0, 0.1) is 0 Å². The summed E-state index contributed by atoms with van der Waals surface area (Å²) in [6.45, 7) is 7.81. The zero-order valence-corrected chi connectivity index (χ0v) is 17.7. The highest BCUT2D eigenvalue weighted by molar-refractivity contribution is 5.94. The minimum absolute atomic E-state index is 0.0357. The van der Waals surface area contributed by atoms with Crippen LogP contribution in [0.2, 0.25) is 0 Å². The summed E-state index contributed by atoms with van der Waals surface area (Å²) >= 11 is 0. The van der Waals surface area contributed by atoms with Crippen LogP contribution in [0.5, 0.6) is 11.5 Å². The molecule has 1 heterocycles. The monoisotopic (exact) mass is 398 g/mol. The quantitative estimate of drug-likeness (QED) is 0.713. The molecule has 0 unspecified atom stereocenters. The van der Waals surface area contributed by atoms with Crippen molar-refractivity contribution in [3.63, 3.8) is 0 Å². The van der Waals surface area contributed by atoms with Gasteiger partial charge in [0, 0.05) is 37.9 Å². The lowest BCUT2D eigenvalue weighted by atomic mass is 10.1. The van der Waals surface area contributed by atoms with Crippen LogP contribution in [0.4, 0.5) is 5.69 Å². The standard InChI is InChI=1S/C23H30N2O4/c1-17(2)29-21-10-7-19(15-22(21)27-4)23(26)24(3)16-18-5-8-20(9-6-18)25-11-13-28-14-12-25/h5-10,15,17H,11-14,16H2,1-4H3. The number of amides is 1. The number of anilines is 1. The summed E-state index contributed by atoms with van der Waals surface area (Å²) in [6, 6.07) is 13.7. The summed E-state index contributed by atoms with van der Waals surface area (Å²) in [6.07, 6.45) is 0.0357. The maximum Gasteiger partial charge on any atom is 0.254 e. The molecule has 0 saturated carbocycles. The Morgan fingerprint density at radius 2 is 1.79 bits per heavy atom. The van der Waals surface area contributed by atoms with Gasteiger partial charge in [0.25, 0.3) is 5.91 Å². The normalized spacial score (nSPS) is 14.0. The molecule has 0 aromatic heterocycles. The predicted octanol–water partition coefficient (Wildman–Crippen LogP) is 3.59. The number of rotatable bonds is 7. The topological polar surface area (TPSA) is 51.2 Å². The number of hydrogen-bond donors (Lipinski definition) is 0. The fourth-order valence-electron chi connectivity index (χ4n) is 3.35. The molecule has 1 saturated heterocycles. The second-order valence-electron chi connectivity index (χ2n) is 7.46. The van der Waals surface area contributed by atoms with Gasteiger partial charge in [-0.05, 0) is 49.7 Å². The lowest BCUT2D eigenvalue weighted by molar-refractivity contribution is 0.0784. The van der Waals surface area contributed by atoms with Crippen molar-refractivity contribution in [1.29, 1.82) is 0 Å². The lowest BCUT2D eigenvalue weighted by Crippen LogP contribution is -2.36. The summed E-state index contributed by atoms with van der Waals surface area (Å²) < 4.78 is 16.5. The van der Waals surface area contributed by atoms with Crippen molar-refractivity contribution in [2.75, 3.05) is 45.4 Å². The molecule has 1 amide bonds. The van der Waals surface area contributed by atoms with E-state index in [0.717, 1.165) is 31.9 Å². The summed E-state index contributed by atoms with van der Waals surface area (Å²) in [5.41, 5.74) is 2.85. The average Bonchev–Trinajstić information content (AvgIpc) is 2.74. The molecule has 2 aromatic rings. The Hall–Kier alpha value is -2.73. The molecule has 6 heteroatoms. The van der Waals surface area contributed by atoms with E-state index in [9.17, 15) is 4.79 Å². The minimum Gasteiger partial charge on any atom is -0.493 e. The van der Waals surface area contributed by atoms with Gasteiger partial charge in [0.2, 0.25) is 0 Å². The fourth-order valence-corrected chi connectivity index (χ4v) is 3.35. The third-order valence-electron chi connectivity index (χ3n) is 4.85. The van der Waals surface area contributed by atoms with E-state index < -0.39 is 0 Å². The number of methoxy groups -OCH3 is 1. The van der Waals surface area contributed by atoms with E-state index in [2.05, 4.69) is 29.2 Å². The first kappa shape index (κ1) is 21.0. The van der Waals surface area contributed by atoms with Gasteiger partial charge < -0.3 is 24.0 Å². The molecular weight excluding hydrogens is 368 g/mol. The van der Waals surface area contributed by atoms with Crippen LogP contribution in [0.3, 0.4) is 0 Å². The first-order chi connectivity index (χ1) is 14.0. The van der Waals surface area contributed by atoms with Crippen LogP contribution in [0.25, 0.3) is 0 Å². The van der Waals surface area contributed by atoms with E-state index in [1.807, 2.05) is 20.9 Å². The second-order valence-corrected chi connectivity index (χ2v) is 7.46. The third-order valence-corrected chi connectivity index (χ3v) is 4.85. The summed E-state index contributed by atoms with van der Waals surface area (Å²) in [4.78, 5) is 16.9.